The molecule has 0 saturated heterocycles. The molecule has 2 aromatic rings. The molecule has 2 rings (SSSR count). The molecular weight excluding hydrogens is 376 g/mol. The quantitative estimate of drug-likeness (QED) is 0.779. The number of hydrogen-bond acceptors (Lipinski definition) is 4. The van der Waals surface area contributed by atoms with Crippen LogP contribution in [0.1, 0.15) is 15.9 Å². The second-order valence-electron chi connectivity index (χ2n) is 5.94. The van der Waals surface area contributed by atoms with Gasteiger partial charge in [-0.2, -0.15) is 0 Å². The molecule has 0 aromatic heterocycles. The molecule has 0 bridgehead atoms. The van der Waals surface area contributed by atoms with E-state index in [0.29, 0.717) is 35.2 Å². The molecule has 0 atom stereocenters. The maximum Gasteiger partial charge on any atom is 0.253 e. The molecule has 0 radical (unpaired) electrons. The van der Waals surface area contributed by atoms with E-state index in [1.807, 2.05) is 0 Å². The van der Waals surface area contributed by atoms with Crippen molar-refractivity contribution in [1.29, 1.82) is 0 Å². The summed E-state index contributed by atoms with van der Waals surface area (Å²) in [6, 6.07) is 11.9. The summed E-state index contributed by atoms with van der Waals surface area (Å²) in [7, 11) is -1.76. The van der Waals surface area contributed by atoms with Crippen LogP contribution in [0.2, 0.25) is 5.02 Å². The average molecular weight is 397 g/mol. The molecule has 1 amide bonds. The van der Waals surface area contributed by atoms with E-state index in [2.05, 4.69) is 4.72 Å². The first kappa shape index (κ1) is 20.1. The van der Waals surface area contributed by atoms with Gasteiger partial charge in [0.15, 0.2) is 0 Å². The van der Waals surface area contributed by atoms with Crippen molar-refractivity contribution in [1.82, 2.24) is 4.90 Å². The first-order valence-corrected chi connectivity index (χ1v) is 10.1. The van der Waals surface area contributed by atoms with E-state index >= 15 is 0 Å². The third kappa shape index (κ3) is 5.93. The Balaban J connectivity index is 2.00. The van der Waals surface area contributed by atoms with Crippen molar-refractivity contribution in [2.75, 3.05) is 31.2 Å². The Morgan fingerprint density at radius 3 is 2.62 bits per heavy atom. The Morgan fingerprint density at radius 1 is 1.23 bits per heavy atom. The van der Waals surface area contributed by atoms with Crippen LogP contribution in [0.25, 0.3) is 0 Å². The molecule has 2 aromatic carbocycles. The third-order valence-electron chi connectivity index (χ3n) is 3.62. The van der Waals surface area contributed by atoms with Gasteiger partial charge in [-0.3, -0.25) is 9.52 Å². The summed E-state index contributed by atoms with van der Waals surface area (Å²) in [5, 5.41) is 0.581. The second kappa shape index (κ2) is 8.42. The lowest BCUT2D eigenvalue weighted by atomic mass is 10.1. The van der Waals surface area contributed by atoms with Gasteiger partial charge in [0.05, 0.1) is 18.5 Å². The minimum Gasteiger partial charge on any atom is -0.492 e. The number of hydrogen-bond donors (Lipinski definition) is 1. The first-order chi connectivity index (χ1) is 12.2. The van der Waals surface area contributed by atoms with E-state index in [1.165, 1.54) is 11.0 Å². The van der Waals surface area contributed by atoms with Crippen molar-refractivity contribution in [3.05, 3.63) is 58.6 Å². The van der Waals surface area contributed by atoms with Crippen LogP contribution in [0, 0.1) is 6.92 Å². The number of carbonyl (C=O) groups is 1. The van der Waals surface area contributed by atoms with E-state index in [0.717, 1.165) is 11.8 Å². The van der Waals surface area contributed by atoms with Crippen molar-refractivity contribution in [3.8, 4) is 5.75 Å². The molecule has 1 N–H and O–H groups in total. The molecular formula is C18H21ClN2O4S. The normalized spacial score (nSPS) is 11.1. The second-order valence-corrected chi connectivity index (χ2v) is 8.12. The summed E-state index contributed by atoms with van der Waals surface area (Å²) in [4.78, 5) is 14.1. The van der Waals surface area contributed by atoms with Crippen LogP contribution in [-0.2, 0) is 10.0 Å². The first-order valence-electron chi connectivity index (χ1n) is 7.88. The SMILES string of the molecule is Cc1ccc(C(=O)N(C)CCOc2cccc(Cl)c2)cc1NS(C)(=O)=O. The van der Waals surface area contributed by atoms with Gasteiger partial charge in [0.1, 0.15) is 12.4 Å². The highest BCUT2D eigenvalue weighted by molar-refractivity contribution is 7.92. The lowest BCUT2D eigenvalue weighted by molar-refractivity contribution is 0.0774. The molecule has 0 aliphatic heterocycles. The predicted octanol–water partition coefficient (Wildman–Crippen LogP) is 3.17. The Bertz CT molecular complexity index is 900. The van der Waals surface area contributed by atoms with Gasteiger partial charge in [0, 0.05) is 17.6 Å². The summed E-state index contributed by atoms with van der Waals surface area (Å²) in [5.41, 5.74) is 1.52. The summed E-state index contributed by atoms with van der Waals surface area (Å²) in [5.74, 6) is 0.407. The number of nitrogens with zero attached hydrogens (tertiary/aromatic N) is 1. The zero-order valence-corrected chi connectivity index (χ0v) is 16.4. The number of nitrogens with one attached hydrogen (secondary N) is 1. The molecule has 0 fully saturated rings. The fraction of sp³-hybridized carbons (Fsp3) is 0.278. The number of amides is 1. The van der Waals surface area contributed by atoms with Gasteiger partial charge in [0.2, 0.25) is 10.0 Å². The number of benzene rings is 2. The lowest BCUT2D eigenvalue weighted by Crippen LogP contribution is -2.31. The van der Waals surface area contributed by atoms with Crippen molar-refractivity contribution in [3.63, 3.8) is 0 Å². The number of anilines is 1. The van der Waals surface area contributed by atoms with Gasteiger partial charge in [-0.25, -0.2) is 8.42 Å². The van der Waals surface area contributed by atoms with Gasteiger partial charge in [-0.05, 0) is 42.8 Å². The van der Waals surface area contributed by atoms with Gasteiger partial charge in [-0.1, -0.05) is 23.7 Å². The molecule has 0 aliphatic rings. The highest BCUT2D eigenvalue weighted by Gasteiger charge is 2.14. The largest absolute Gasteiger partial charge is 0.492 e. The molecule has 0 heterocycles. The van der Waals surface area contributed by atoms with E-state index in [1.54, 1.807) is 50.4 Å². The Morgan fingerprint density at radius 2 is 1.96 bits per heavy atom. The van der Waals surface area contributed by atoms with Gasteiger partial charge in [0.25, 0.3) is 5.91 Å². The van der Waals surface area contributed by atoms with Crippen molar-refractivity contribution in [2.45, 2.75) is 6.92 Å². The van der Waals surface area contributed by atoms with Gasteiger partial charge in [-0.15, -0.1) is 0 Å². The fourth-order valence-electron chi connectivity index (χ4n) is 2.24. The van der Waals surface area contributed by atoms with Crippen molar-refractivity contribution >= 4 is 33.2 Å². The molecule has 0 unspecified atom stereocenters. The predicted molar refractivity (Wildman–Crippen MR) is 104 cm³/mol. The highest BCUT2D eigenvalue weighted by atomic mass is 35.5. The summed E-state index contributed by atoms with van der Waals surface area (Å²) >= 11 is 5.90. The molecule has 26 heavy (non-hydrogen) atoms. The smallest absolute Gasteiger partial charge is 0.253 e. The van der Waals surface area contributed by atoms with Gasteiger partial charge < -0.3 is 9.64 Å². The topological polar surface area (TPSA) is 75.7 Å². The maximum atomic E-state index is 12.5. The Hall–Kier alpha value is -2.25. The van der Waals surface area contributed by atoms with Gasteiger partial charge >= 0.3 is 0 Å². The number of ether oxygens (including phenoxy) is 1. The Kier molecular flexibility index (Phi) is 6.50. The number of carbonyl (C=O) groups excluding carboxylic acids is 1. The van der Waals surface area contributed by atoms with Crippen molar-refractivity contribution in [2.24, 2.45) is 0 Å². The number of aryl methyl sites for hydroxylation is 1. The van der Waals surface area contributed by atoms with Crippen LogP contribution in [0.4, 0.5) is 5.69 Å². The number of likely N-dealkylation sites (N-methyl/N-ethyl adjacent to an activating group) is 1. The molecule has 8 heteroatoms. The monoisotopic (exact) mass is 396 g/mol. The summed E-state index contributed by atoms with van der Waals surface area (Å²) < 4.78 is 30.9. The molecule has 0 spiro atoms. The fourth-order valence-corrected chi connectivity index (χ4v) is 3.04. The van der Waals surface area contributed by atoms with Crippen molar-refractivity contribution < 1.29 is 17.9 Å². The Labute approximate surface area is 158 Å². The van der Waals surface area contributed by atoms with E-state index in [4.69, 9.17) is 16.3 Å². The number of halogens is 1. The lowest BCUT2D eigenvalue weighted by Gasteiger charge is -2.18. The number of sulfonamides is 1. The van der Waals surface area contributed by atoms with E-state index in [9.17, 15) is 13.2 Å². The maximum absolute atomic E-state index is 12.5. The molecule has 140 valence electrons. The van der Waals surface area contributed by atoms with Crippen LogP contribution in [-0.4, -0.2) is 45.7 Å². The highest BCUT2D eigenvalue weighted by Crippen LogP contribution is 2.19. The zero-order valence-electron chi connectivity index (χ0n) is 14.8. The summed E-state index contributed by atoms with van der Waals surface area (Å²) in [6.45, 7) is 2.45. The number of rotatable bonds is 7. The minimum absolute atomic E-state index is 0.226. The van der Waals surface area contributed by atoms with Crippen LogP contribution < -0.4 is 9.46 Å². The van der Waals surface area contributed by atoms with Crippen LogP contribution >= 0.6 is 11.6 Å². The zero-order chi connectivity index (χ0) is 19.3. The van der Waals surface area contributed by atoms with Crippen LogP contribution in [0.3, 0.4) is 0 Å². The third-order valence-corrected chi connectivity index (χ3v) is 4.44. The van der Waals surface area contributed by atoms with Crippen LogP contribution in [0.15, 0.2) is 42.5 Å². The van der Waals surface area contributed by atoms with Crippen LogP contribution in [0.5, 0.6) is 5.75 Å². The van der Waals surface area contributed by atoms with E-state index in [-0.39, 0.29) is 5.91 Å². The standard InChI is InChI=1S/C18H21ClN2O4S/c1-13-7-8-14(11-17(13)20-26(3,23)24)18(22)21(2)9-10-25-16-6-4-5-15(19)12-16/h4-8,11-12,20H,9-10H2,1-3H3. The molecule has 6 nitrogen and oxygen atoms in total. The molecule has 0 saturated carbocycles. The average Bonchev–Trinajstić information content (AvgIpc) is 2.55. The molecule has 0 aliphatic carbocycles. The van der Waals surface area contributed by atoms with E-state index < -0.39 is 10.0 Å². The minimum atomic E-state index is -3.42. The summed E-state index contributed by atoms with van der Waals surface area (Å²) in [6.07, 6.45) is 1.07.